The number of nitrogens with zero attached hydrogens (tertiary/aromatic N) is 2. The third-order valence-corrected chi connectivity index (χ3v) is 8.10. The Kier molecular flexibility index (Phi) is 6.50. The number of amides is 2. The fourth-order valence-corrected chi connectivity index (χ4v) is 6.35. The Labute approximate surface area is 201 Å². The molecule has 1 atom stereocenters. The highest BCUT2D eigenvalue weighted by Crippen LogP contribution is 2.40. The fourth-order valence-electron chi connectivity index (χ4n) is 3.78. The molecule has 11 heteroatoms. The first-order chi connectivity index (χ1) is 15.6. The Morgan fingerprint density at radius 2 is 1.79 bits per heavy atom. The molecular weight excluding hydrogens is 491 g/mol. The van der Waals surface area contributed by atoms with E-state index in [-0.39, 0.29) is 39.2 Å². The molecule has 0 radical (unpaired) electrons. The molecule has 1 heterocycles. The molecule has 1 saturated carbocycles. The van der Waals surface area contributed by atoms with Gasteiger partial charge in [-0.15, -0.1) is 0 Å². The summed E-state index contributed by atoms with van der Waals surface area (Å²) < 4.78 is 33.0. The smallest absolute Gasteiger partial charge is 0.338 e. The third kappa shape index (κ3) is 4.50. The van der Waals surface area contributed by atoms with Gasteiger partial charge in [-0.3, -0.25) is 9.59 Å². The summed E-state index contributed by atoms with van der Waals surface area (Å²) in [6.45, 7) is 1.90. The summed E-state index contributed by atoms with van der Waals surface area (Å²) in [5.41, 5.74) is 0.517. The van der Waals surface area contributed by atoms with Crippen molar-refractivity contribution in [3.8, 4) is 0 Å². The van der Waals surface area contributed by atoms with Gasteiger partial charge < -0.3 is 4.74 Å². The van der Waals surface area contributed by atoms with Crippen LogP contribution in [0.4, 0.5) is 5.69 Å². The molecule has 2 amide bonds. The van der Waals surface area contributed by atoms with Gasteiger partial charge in [0.15, 0.2) is 0 Å². The van der Waals surface area contributed by atoms with Crippen LogP contribution in [0.15, 0.2) is 47.4 Å². The third-order valence-electron chi connectivity index (χ3n) is 5.42. The summed E-state index contributed by atoms with van der Waals surface area (Å²) in [7, 11) is -4.20. The van der Waals surface area contributed by atoms with Crippen molar-refractivity contribution in [2.24, 2.45) is 0 Å². The van der Waals surface area contributed by atoms with Crippen LogP contribution < -0.4 is 4.90 Å². The van der Waals surface area contributed by atoms with Gasteiger partial charge >= 0.3 is 5.97 Å². The number of imide groups is 1. The Morgan fingerprint density at radius 3 is 2.39 bits per heavy atom. The molecule has 2 aromatic carbocycles. The van der Waals surface area contributed by atoms with Crippen LogP contribution in [-0.2, 0) is 24.3 Å². The predicted octanol–water partition coefficient (Wildman–Crippen LogP) is 3.66. The second-order valence-electron chi connectivity index (χ2n) is 7.70. The van der Waals surface area contributed by atoms with E-state index in [1.165, 1.54) is 42.5 Å². The van der Waals surface area contributed by atoms with E-state index in [0.717, 1.165) is 9.21 Å². The van der Waals surface area contributed by atoms with E-state index in [4.69, 9.17) is 27.9 Å². The molecule has 174 valence electrons. The molecule has 1 saturated heterocycles. The van der Waals surface area contributed by atoms with Crippen LogP contribution in [0.1, 0.15) is 36.5 Å². The lowest BCUT2D eigenvalue weighted by atomic mass is 10.2. The zero-order valence-corrected chi connectivity index (χ0v) is 19.9. The molecule has 1 unspecified atom stereocenters. The highest BCUT2D eigenvalue weighted by Gasteiger charge is 2.52. The number of anilines is 1. The summed E-state index contributed by atoms with van der Waals surface area (Å²) in [5, 5.41) is 0.166. The molecule has 8 nitrogen and oxygen atoms in total. The van der Waals surface area contributed by atoms with E-state index in [1.807, 2.05) is 0 Å². The average Bonchev–Trinajstić information content (AvgIpc) is 3.55. The van der Waals surface area contributed by atoms with E-state index in [9.17, 15) is 22.8 Å². The topological polar surface area (TPSA) is 101 Å². The zero-order valence-electron chi connectivity index (χ0n) is 17.5. The lowest BCUT2D eigenvalue weighted by Crippen LogP contribution is -2.46. The van der Waals surface area contributed by atoms with E-state index < -0.39 is 39.9 Å². The quantitative estimate of drug-likeness (QED) is 0.416. The number of esters is 1. The van der Waals surface area contributed by atoms with Crippen LogP contribution in [0.5, 0.6) is 0 Å². The number of carbonyl (C=O) groups is 3. The van der Waals surface area contributed by atoms with Crippen molar-refractivity contribution in [3.05, 3.63) is 58.1 Å². The van der Waals surface area contributed by atoms with Gasteiger partial charge in [-0.05, 0) is 62.2 Å². The summed E-state index contributed by atoms with van der Waals surface area (Å²) in [5.74, 6) is -1.71. The number of halogens is 2. The molecule has 2 fully saturated rings. The van der Waals surface area contributed by atoms with Crippen molar-refractivity contribution in [3.63, 3.8) is 0 Å². The minimum Gasteiger partial charge on any atom is -0.462 e. The molecule has 4 rings (SSSR count). The molecule has 1 aliphatic carbocycles. The van der Waals surface area contributed by atoms with Crippen LogP contribution in [0.3, 0.4) is 0 Å². The number of sulfonamides is 1. The lowest BCUT2D eigenvalue weighted by Gasteiger charge is -2.27. The van der Waals surface area contributed by atoms with Crippen LogP contribution in [0, 0.1) is 0 Å². The van der Waals surface area contributed by atoms with Gasteiger partial charge in [-0.1, -0.05) is 23.2 Å². The van der Waals surface area contributed by atoms with Crippen LogP contribution >= 0.6 is 23.2 Å². The van der Waals surface area contributed by atoms with E-state index in [1.54, 1.807) is 6.92 Å². The largest absolute Gasteiger partial charge is 0.462 e. The second kappa shape index (κ2) is 9.06. The summed E-state index contributed by atoms with van der Waals surface area (Å²) in [6.07, 6.45) is 0.847. The van der Waals surface area contributed by atoms with Crippen molar-refractivity contribution in [1.29, 1.82) is 0 Å². The number of hydrogen-bond acceptors (Lipinski definition) is 6. The van der Waals surface area contributed by atoms with Crippen molar-refractivity contribution in [2.45, 2.75) is 43.2 Å². The van der Waals surface area contributed by atoms with E-state index >= 15 is 0 Å². The standard InChI is InChI=1S/C22H20Cl2N2O6S/c1-2-32-22(29)13-3-6-15(7-4-13)25-20(27)12-18(21(25)28)26(16-8-9-16)33(30,31)19-11-14(23)5-10-17(19)24/h3-7,10-11,16,18H,2,8-9,12H2,1H3. The van der Waals surface area contributed by atoms with Crippen LogP contribution in [0.25, 0.3) is 0 Å². The van der Waals surface area contributed by atoms with Gasteiger partial charge in [0, 0.05) is 11.1 Å². The highest BCUT2D eigenvalue weighted by molar-refractivity contribution is 7.89. The maximum atomic E-state index is 13.5. The average molecular weight is 511 g/mol. The first-order valence-corrected chi connectivity index (χ1v) is 12.5. The van der Waals surface area contributed by atoms with Gasteiger partial charge in [-0.2, -0.15) is 4.31 Å². The van der Waals surface area contributed by atoms with Gasteiger partial charge in [0.2, 0.25) is 15.9 Å². The maximum absolute atomic E-state index is 13.5. The summed E-state index contributed by atoms with van der Waals surface area (Å²) >= 11 is 12.1. The minimum absolute atomic E-state index is 0.0202. The first kappa shape index (κ1) is 23.7. The van der Waals surface area contributed by atoms with E-state index in [0.29, 0.717) is 12.8 Å². The minimum atomic E-state index is -4.20. The molecule has 0 spiro atoms. The molecule has 2 aromatic rings. The molecule has 0 aromatic heterocycles. The van der Waals surface area contributed by atoms with Crippen LogP contribution in [0.2, 0.25) is 10.0 Å². The Hall–Kier alpha value is -2.46. The van der Waals surface area contributed by atoms with Crippen molar-refractivity contribution in [1.82, 2.24) is 4.31 Å². The van der Waals surface area contributed by atoms with E-state index in [2.05, 4.69) is 0 Å². The Morgan fingerprint density at radius 1 is 1.12 bits per heavy atom. The zero-order chi connectivity index (χ0) is 23.9. The molecule has 1 aliphatic heterocycles. The number of carbonyl (C=O) groups excluding carboxylic acids is 3. The number of rotatable bonds is 7. The normalized spacial score (nSPS) is 18.8. The van der Waals surface area contributed by atoms with Crippen molar-refractivity contribution < 1.29 is 27.5 Å². The van der Waals surface area contributed by atoms with Crippen molar-refractivity contribution in [2.75, 3.05) is 11.5 Å². The summed E-state index contributed by atoms with van der Waals surface area (Å²) in [4.78, 5) is 38.7. The molecule has 0 bridgehead atoms. The number of ether oxygens (including phenoxy) is 1. The first-order valence-electron chi connectivity index (χ1n) is 10.3. The van der Waals surface area contributed by atoms with Crippen molar-refractivity contribution >= 4 is 56.7 Å². The fraction of sp³-hybridized carbons (Fsp3) is 0.318. The van der Waals surface area contributed by atoms with Gasteiger partial charge in [0.25, 0.3) is 5.91 Å². The van der Waals surface area contributed by atoms with Gasteiger partial charge in [-0.25, -0.2) is 18.1 Å². The van der Waals surface area contributed by atoms with Gasteiger partial charge in [0.05, 0.1) is 29.3 Å². The number of hydrogen-bond donors (Lipinski definition) is 0. The lowest BCUT2D eigenvalue weighted by molar-refractivity contribution is -0.122. The molecule has 2 aliphatic rings. The highest BCUT2D eigenvalue weighted by atomic mass is 35.5. The SMILES string of the molecule is CCOC(=O)c1ccc(N2C(=O)CC(N(C3CC3)S(=O)(=O)c3cc(Cl)ccc3Cl)C2=O)cc1. The molecular formula is C22H20Cl2N2O6S. The Bertz CT molecular complexity index is 1230. The second-order valence-corrected chi connectivity index (χ2v) is 10.4. The van der Waals surface area contributed by atoms with Gasteiger partial charge in [0.1, 0.15) is 10.9 Å². The molecule has 0 N–H and O–H groups in total. The number of benzene rings is 2. The summed E-state index contributed by atoms with van der Waals surface area (Å²) in [6, 6.07) is 8.28. The van der Waals surface area contributed by atoms with Crippen LogP contribution in [-0.4, -0.2) is 49.2 Å². The molecule has 33 heavy (non-hydrogen) atoms. The maximum Gasteiger partial charge on any atom is 0.338 e. The monoisotopic (exact) mass is 510 g/mol. The Balaban J connectivity index is 1.65. The predicted molar refractivity (Wildman–Crippen MR) is 122 cm³/mol.